The van der Waals surface area contributed by atoms with Crippen LogP contribution >= 0.6 is 0 Å². The molecule has 1 saturated carbocycles. The molecule has 2 aromatic rings. The molecule has 160 valence electrons. The summed E-state index contributed by atoms with van der Waals surface area (Å²) < 4.78 is 10.8. The second kappa shape index (κ2) is 9.49. The standard InChI is InChI=1S/C24H31N3O3/c1-29-21-11-8-18(16-22(21)30-2)17-26-12-14-27(15-13-26)23(19-6-4-3-5-7-19)24(28)25-20-9-10-20/h3-8,11,16,20,23H,9-10,12-15,17H2,1-2H3,(H,25,28)/p+2/t23-/m1/s1. The summed E-state index contributed by atoms with van der Waals surface area (Å²) in [4.78, 5) is 15.9. The molecule has 1 aliphatic heterocycles. The van der Waals surface area contributed by atoms with Crippen LogP contribution in [0.1, 0.15) is 30.0 Å². The van der Waals surface area contributed by atoms with E-state index in [2.05, 4.69) is 29.6 Å². The predicted molar refractivity (Wildman–Crippen MR) is 115 cm³/mol. The Morgan fingerprint density at radius 2 is 1.70 bits per heavy atom. The van der Waals surface area contributed by atoms with E-state index in [-0.39, 0.29) is 11.9 Å². The average Bonchev–Trinajstić information content (AvgIpc) is 3.60. The second-order valence-electron chi connectivity index (χ2n) is 8.40. The maximum Gasteiger partial charge on any atom is 0.283 e. The van der Waals surface area contributed by atoms with E-state index in [1.165, 1.54) is 10.5 Å². The van der Waals surface area contributed by atoms with Crippen LogP contribution in [0.15, 0.2) is 48.5 Å². The fourth-order valence-electron chi connectivity index (χ4n) is 4.40. The van der Waals surface area contributed by atoms with Crippen molar-refractivity contribution in [2.45, 2.75) is 31.5 Å². The zero-order valence-corrected chi connectivity index (χ0v) is 17.9. The smallest absolute Gasteiger partial charge is 0.283 e. The van der Waals surface area contributed by atoms with E-state index in [0.29, 0.717) is 6.04 Å². The fourth-order valence-corrected chi connectivity index (χ4v) is 4.40. The van der Waals surface area contributed by atoms with Gasteiger partial charge in [-0.15, -0.1) is 0 Å². The molecule has 0 aromatic heterocycles. The van der Waals surface area contributed by atoms with Crippen LogP contribution in [-0.2, 0) is 11.3 Å². The van der Waals surface area contributed by atoms with Gasteiger partial charge in [0.1, 0.15) is 32.7 Å². The number of quaternary nitrogens is 2. The molecule has 1 saturated heterocycles. The number of benzene rings is 2. The molecule has 2 aliphatic rings. The first-order valence-corrected chi connectivity index (χ1v) is 10.9. The van der Waals surface area contributed by atoms with Gasteiger partial charge in [-0.3, -0.25) is 4.79 Å². The molecule has 1 amide bonds. The predicted octanol–water partition coefficient (Wildman–Crippen LogP) is 0.00710. The molecule has 4 rings (SSSR count). The van der Waals surface area contributed by atoms with Gasteiger partial charge in [-0.25, -0.2) is 0 Å². The minimum Gasteiger partial charge on any atom is -0.493 e. The van der Waals surface area contributed by atoms with Crippen LogP contribution < -0.4 is 24.6 Å². The Labute approximate surface area is 178 Å². The Bertz CT molecular complexity index is 846. The molecular formula is C24H33N3O3+2. The number of hydrogen-bond acceptors (Lipinski definition) is 3. The number of methoxy groups -OCH3 is 2. The molecular weight excluding hydrogens is 378 g/mol. The van der Waals surface area contributed by atoms with E-state index in [9.17, 15) is 4.79 Å². The Morgan fingerprint density at radius 3 is 2.33 bits per heavy atom. The summed E-state index contributed by atoms with van der Waals surface area (Å²) in [6, 6.07) is 16.7. The van der Waals surface area contributed by atoms with Crippen molar-refractivity contribution < 1.29 is 24.1 Å². The molecule has 3 N–H and O–H groups in total. The third kappa shape index (κ3) is 4.94. The summed E-state index contributed by atoms with van der Waals surface area (Å²) in [6.07, 6.45) is 2.23. The molecule has 1 heterocycles. The van der Waals surface area contributed by atoms with Crippen LogP contribution in [0.3, 0.4) is 0 Å². The minimum absolute atomic E-state index is 0.116. The third-order valence-electron chi connectivity index (χ3n) is 6.23. The molecule has 6 heteroatoms. The number of hydrogen-bond donors (Lipinski definition) is 3. The van der Waals surface area contributed by atoms with E-state index < -0.39 is 0 Å². The lowest BCUT2D eigenvalue weighted by Gasteiger charge is -2.34. The molecule has 0 spiro atoms. The van der Waals surface area contributed by atoms with Crippen molar-refractivity contribution in [3.63, 3.8) is 0 Å². The molecule has 6 nitrogen and oxygen atoms in total. The monoisotopic (exact) mass is 411 g/mol. The van der Waals surface area contributed by atoms with Crippen LogP contribution in [0.5, 0.6) is 11.5 Å². The summed E-state index contributed by atoms with van der Waals surface area (Å²) in [7, 11) is 3.33. The normalized spacial score (nSPS) is 22.2. The molecule has 30 heavy (non-hydrogen) atoms. The van der Waals surface area contributed by atoms with Gasteiger partial charge >= 0.3 is 0 Å². The largest absolute Gasteiger partial charge is 0.493 e. The lowest BCUT2D eigenvalue weighted by Crippen LogP contribution is -3.28. The van der Waals surface area contributed by atoms with E-state index in [1.807, 2.05) is 24.3 Å². The maximum atomic E-state index is 13.0. The number of piperazine rings is 1. The first-order chi connectivity index (χ1) is 14.7. The van der Waals surface area contributed by atoms with E-state index in [4.69, 9.17) is 9.47 Å². The highest BCUT2D eigenvalue weighted by Crippen LogP contribution is 2.27. The highest BCUT2D eigenvalue weighted by Gasteiger charge is 2.37. The lowest BCUT2D eigenvalue weighted by atomic mass is 10.0. The van der Waals surface area contributed by atoms with Crippen LogP contribution in [0.2, 0.25) is 0 Å². The zero-order valence-electron chi connectivity index (χ0n) is 17.9. The van der Waals surface area contributed by atoms with Gasteiger partial charge in [-0.05, 0) is 31.0 Å². The van der Waals surface area contributed by atoms with Crippen molar-refractivity contribution in [2.75, 3.05) is 40.4 Å². The van der Waals surface area contributed by atoms with Gasteiger partial charge in [0.05, 0.1) is 14.2 Å². The topological polar surface area (TPSA) is 56.4 Å². The van der Waals surface area contributed by atoms with Gasteiger partial charge in [0.2, 0.25) is 0 Å². The van der Waals surface area contributed by atoms with E-state index in [1.54, 1.807) is 19.1 Å². The number of rotatable bonds is 8. The van der Waals surface area contributed by atoms with Gasteiger partial charge in [-0.2, -0.15) is 0 Å². The first kappa shape index (κ1) is 20.7. The average molecular weight is 412 g/mol. The first-order valence-electron chi connectivity index (χ1n) is 10.9. The molecule has 1 atom stereocenters. The number of carbonyl (C=O) groups is 1. The SMILES string of the molecule is COc1ccc(C[NH+]2CC[NH+]([C@@H](C(=O)NC3CC3)c3ccccc3)CC2)cc1OC. The second-order valence-corrected chi connectivity index (χ2v) is 8.40. The Balaban J connectivity index is 1.40. The quantitative estimate of drug-likeness (QED) is 0.574. The van der Waals surface area contributed by atoms with E-state index in [0.717, 1.165) is 62.6 Å². The zero-order chi connectivity index (χ0) is 20.9. The summed E-state index contributed by atoms with van der Waals surface area (Å²) >= 11 is 0. The molecule has 2 aromatic carbocycles. The fraction of sp³-hybridized carbons (Fsp3) is 0.458. The number of nitrogens with one attached hydrogen (secondary N) is 3. The highest BCUT2D eigenvalue weighted by atomic mass is 16.5. The van der Waals surface area contributed by atoms with Crippen LogP contribution in [0.4, 0.5) is 0 Å². The van der Waals surface area contributed by atoms with Crippen molar-refractivity contribution in [1.82, 2.24) is 5.32 Å². The van der Waals surface area contributed by atoms with Crippen LogP contribution in [0, 0.1) is 0 Å². The van der Waals surface area contributed by atoms with Crippen molar-refractivity contribution in [1.29, 1.82) is 0 Å². The molecule has 0 unspecified atom stereocenters. The van der Waals surface area contributed by atoms with Crippen molar-refractivity contribution in [3.05, 3.63) is 59.7 Å². The summed E-state index contributed by atoms with van der Waals surface area (Å²) in [5.74, 6) is 1.72. The maximum absolute atomic E-state index is 13.0. The van der Waals surface area contributed by atoms with Crippen molar-refractivity contribution in [3.8, 4) is 11.5 Å². The summed E-state index contributed by atoms with van der Waals surface area (Å²) in [6.45, 7) is 5.02. The van der Waals surface area contributed by atoms with Crippen molar-refractivity contribution in [2.24, 2.45) is 0 Å². The van der Waals surface area contributed by atoms with Gasteiger partial charge < -0.3 is 24.6 Å². The van der Waals surface area contributed by atoms with Crippen molar-refractivity contribution >= 4 is 5.91 Å². The lowest BCUT2D eigenvalue weighted by molar-refractivity contribution is -1.03. The number of carbonyl (C=O) groups excluding carboxylic acids is 1. The van der Waals surface area contributed by atoms with Gasteiger partial charge in [0.25, 0.3) is 5.91 Å². The third-order valence-corrected chi connectivity index (χ3v) is 6.23. The van der Waals surface area contributed by atoms with Gasteiger partial charge in [-0.1, -0.05) is 30.3 Å². The molecule has 2 fully saturated rings. The summed E-state index contributed by atoms with van der Waals surface area (Å²) in [5, 5.41) is 3.23. The van der Waals surface area contributed by atoms with Crippen LogP contribution in [-0.4, -0.2) is 52.3 Å². The van der Waals surface area contributed by atoms with Gasteiger partial charge in [0, 0.05) is 17.2 Å². The highest BCUT2D eigenvalue weighted by molar-refractivity contribution is 5.82. The number of amides is 1. The van der Waals surface area contributed by atoms with Crippen LogP contribution in [0.25, 0.3) is 0 Å². The minimum atomic E-state index is -0.116. The Hall–Kier alpha value is -2.57. The number of ether oxygens (including phenoxy) is 2. The van der Waals surface area contributed by atoms with E-state index >= 15 is 0 Å². The molecule has 1 aliphatic carbocycles. The molecule has 0 radical (unpaired) electrons. The Morgan fingerprint density at radius 1 is 1.00 bits per heavy atom. The summed E-state index contributed by atoms with van der Waals surface area (Å²) in [5.41, 5.74) is 2.37. The Kier molecular flexibility index (Phi) is 6.55. The van der Waals surface area contributed by atoms with Gasteiger partial charge in [0.15, 0.2) is 17.5 Å². The molecule has 0 bridgehead atoms.